The molecule has 12 heteroatoms. The van der Waals surface area contributed by atoms with Crippen LogP contribution in [0.15, 0.2) is 42.5 Å². The van der Waals surface area contributed by atoms with Gasteiger partial charge in [-0.25, -0.2) is 18.7 Å². The van der Waals surface area contributed by atoms with E-state index in [-0.39, 0.29) is 28.6 Å². The van der Waals surface area contributed by atoms with Crippen LogP contribution < -0.4 is 9.64 Å². The number of rotatable bonds is 6. The lowest BCUT2D eigenvalue weighted by molar-refractivity contribution is -0.205. The van der Waals surface area contributed by atoms with Crippen molar-refractivity contribution in [3.05, 3.63) is 76.4 Å². The topological polar surface area (TPSA) is 98.5 Å². The van der Waals surface area contributed by atoms with Crippen LogP contribution in [0.4, 0.5) is 14.6 Å². The smallest absolute Gasteiger partial charge is 0.381 e. The average molecular weight is 634 g/mol. The van der Waals surface area contributed by atoms with Crippen LogP contribution in [0, 0.1) is 19.7 Å². The van der Waals surface area contributed by atoms with Gasteiger partial charge in [-0.3, -0.25) is 9.74 Å². The predicted octanol–water partition coefficient (Wildman–Crippen LogP) is 5.72. The summed E-state index contributed by atoms with van der Waals surface area (Å²) in [6.07, 6.45) is -0.280. The van der Waals surface area contributed by atoms with Crippen LogP contribution in [-0.2, 0) is 20.9 Å². The SMILES string of the molecule is Cc1nc2cc(C(=O)N3CCN(c4ccccc4)CC3)nn2c(-c2cc(F)c3c(c2C)CCCO3)c1[C@H](OC(C)(C)C)C(=O)OF. The lowest BCUT2D eigenvalue weighted by Crippen LogP contribution is -2.48. The van der Waals surface area contributed by atoms with Crippen molar-refractivity contribution in [1.29, 1.82) is 0 Å². The van der Waals surface area contributed by atoms with Gasteiger partial charge in [0.1, 0.15) is 0 Å². The molecular formula is C34H37F2N5O5. The van der Waals surface area contributed by atoms with Crippen molar-refractivity contribution >= 4 is 23.2 Å². The number of halogens is 2. The fourth-order valence-corrected chi connectivity index (χ4v) is 6.30. The van der Waals surface area contributed by atoms with Crippen molar-refractivity contribution in [2.75, 3.05) is 37.7 Å². The van der Waals surface area contributed by atoms with Crippen LogP contribution in [-0.4, -0.2) is 69.8 Å². The van der Waals surface area contributed by atoms with E-state index >= 15 is 4.39 Å². The van der Waals surface area contributed by atoms with Gasteiger partial charge >= 0.3 is 5.97 Å². The molecule has 1 saturated heterocycles. The maximum absolute atomic E-state index is 15.6. The van der Waals surface area contributed by atoms with Gasteiger partial charge in [0, 0.05) is 64.8 Å². The minimum atomic E-state index is -1.57. The summed E-state index contributed by atoms with van der Waals surface area (Å²) in [6, 6.07) is 12.9. The number of aromatic nitrogens is 3. The van der Waals surface area contributed by atoms with Crippen LogP contribution in [0.5, 0.6) is 5.75 Å². The van der Waals surface area contributed by atoms with Gasteiger partial charge < -0.3 is 19.3 Å². The van der Waals surface area contributed by atoms with Gasteiger partial charge in [-0.05, 0) is 71.2 Å². The quantitative estimate of drug-likeness (QED) is 0.266. The van der Waals surface area contributed by atoms with E-state index in [9.17, 15) is 14.1 Å². The molecule has 46 heavy (non-hydrogen) atoms. The third-order valence-electron chi connectivity index (χ3n) is 8.45. The fourth-order valence-electron chi connectivity index (χ4n) is 6.30. The monoisotopic (exact) mass is 633 g/mol. The molecule has 2 aromatic heterocycles. The minimum Gasteiger partial charge on any atom is -0.490 e. The molecular weight excluding hydrogens is 596 g/mol. The number of anilines is 1. The number of ether oxygens (including phenoxy) is 2. The van der Waals surface area contributed by atoms with Crippen LogP contribution in [0.2, 0.25) is 0 Å². The largest absolute Gasteiger partial charge is 0.490 e. The van der Waals surface area contributed by atoms with E-state index in [2.05, 4.69) is 19.9 Å². The number of carbonyl (C=O) groups is 2. The summed E-state index contributed by atoms with van der Waals surface area (Å²) in [7, 11) is 0. The van der Waals surface area contributed by atoms with Gasteiger partial charge in [-0.2, -0.15) is 5.10 Å². The Balaban J connectivity index is 1.48. The Morgan fingerprint density at radius 2 is 1.76 bits per heavy atom. The maximum atomic E-state index is 15.6. The van der Waals surface area contributed by atoms with E-state index in [4.69, 9.17) is 9.47 Å². The molecule has 0 unspecified atom stereocenters. The number of benzene rings is 2. The summed E-state index contributed by atoms with van der Waals surface area (Å²) in [6.45, 7) is 11.3. The molecule has 1 atom stereocenters. The standard InChI is InChI=1S/C34H37F2N5O5/c1-20-23-12-9-17-44-30(23)25(35)18-24(20)29-28(31(33(43)46-36)45-34(3,4)5)21(2)37-27-19-26(38-41(27)29)32(42)40-15-13-39(14-16-40)22-10-7-6-8-11-22/h6-8,10-11,18-19,31H,9,12-17H2,1-5H3/t31-/m0/s1. The third kappa shape index (κ3) is 5.89. The molecule has 0 aliphatic carbocycles. The molecule has 6 rings (SSSR count). The molecule has 2 aliphatic rings. The first-order chi connectivity index (χ1) is 22.0. The summed E-state index contributed by atoms with van der Waals surface area (Å²) in [5, 5.41) is 4.68. The highest BCUT2D eigenvalue weighted by Gasteiger charge is 2.37. The van der Waals surface area contributed by atoms with Gasteiger partial charge in [0.05, 0.1) is 17.9 Å². The van der Waals surface area contributed by atoms with Crippen LogP contribution in [0.25, 0.3) is 16.9 Å². The van der Waals surface area contributed by atoms with Crippen LogP contribution in [0.3, 0.4) is 0 Å². The molecule has 0 bridgehead atoms. The first-order valence-corrected chi connectivity index (χ1v) is 15.4. The Labute approximate surface area is 265 Å². The van der Waals surface area contributed by atoms with Crippen molar-refractivity contribution in [3.63, 3.8) is 0 Å². The molecule has 2 aliphatic heterocycles. The van der Waals surface area contributed by atoms with E-state index in [0.29, 0.717) is 73.7 Å². The lowest BCUT2D eigenvalue weighted by Gasteiger charge is -2.35. The molecule has 4 heterocycles. The number of para-hydroxylation sites is 1. The average Bonchev–Trinajstić information content (AvgIpc) is 3.48. The predicted molar refractivity (Wildman–Crippen MR) is 167 cm³/mol. The van der Waals surface area contributed by atoms with Gasteiger partial charge in [-0.15, -0.1) is 0 Å². The molecule has 242 valence electrons. The molecule has 1 fully saturated rings. The minimum absolute atomic E-state index is 0.138. The Hall–Kier alpha value is -4.58. The second kappa shape index (κ2) is 12.3. The normalized spacial score (nSPS) is 15.8. The first kappa shape index (κ1) is 31.4. The van der Waals surface area contributed by atoms with Gasteiger partial charge in [0.2, 0.25) is 0 Å². The lowest BCUT2D eigenvalue weighted by atomic mass is 9.91. The molecule has 0 spiro atoms. The maximum Gasteiger partial charge on any atom is 0.381 e. The highest BCUT2D eigenvalue weighted by molar-refractivity contribution is 5.94. The second-order valence-corrected chi connectivity index (χ2v) is 12.7. The van der Waals surface area contributed by atoms with Crippen molar-refractivity contribution in [3.8, 4) is 17.0 Å². The summed E-state index contributed by atoms with van der Waals surface area (Å²) < 4.78 is 42.4. The molecule has 10 nitrogen and oxygen atoms in total. The first-order valence-electron chi connectivity index (χ1n) is 15.4. The summed E-state index contributed by atoms with van der Waals surface area (Å²) >= 11 is 0. The number of hydrogen-bond donors (Lipinski definition) is 0. The molecule has 1 amide bonds. The Bertz CT molecular complexity index is 1800. The number of amides is 1. The van der Waals surface area contributed by atoms with Crippen LogP contribution in [0.1, 0.15) is 66.2 Å². The van der Waals surface area contributed by atoms with Crippen LogP contribution >= 0.6 is 0 Å². The zero-order valence-corrected chi connectivity index (χ0v) is 26.6. The number of hydrogen-bond acceptors (Lipinski definition) is 8. The van der Waals surface area contributed by atoms with E-state index < -0.39 is 23.5 Å². The number of nitrogens with zero attached hydrogens (tertiary/aromatic N) is 5. The molecule has 0 radical (unpaired) electrons. The Morgan fingerprint density at radius 3 is 2.43 bits per heavy atom. The molecule has 4 aromatic rings. The molecule has 2 aromatic carbocycles. The van der Waals surface area contributed by atoms with Crippen molar-refractivity contribution in [2.45, 2.75) is 59.2 Å². The van der Waals surface area contributed by atoms with E-state index in [1.807, 2.05) is 37.3 Å². The summed E-state index contributed by atoms with van der Waals surface area (Å²) in [4.78, 5) is 39.1. The Kier molecular flexibility index (Phi) is 8.41. The summed E-state index contributed by atoms with van der Waals surface area (Å²) in [5.41, 5.74) is 3.13. The van der Waals surface area contributed by atoms with Crippen molar-refractivity contribution in [1.82, 2.24) is 19.5 Å². The highest BCUT2D eigenvalue weighted by Crippen LogP contribution is 2.42. The second-order valence-electron chi connectivity index (χ2n) is 12.7. The van der Waals surface area contributed by atoms with Crippen molar-refractivity contribution in [2.24, 2.45) is 0 Å². The Morgan fingerprint density at radius 1 is 1.04 bits per heavy atom. The number of piperazine rings is 1. The van der Waals surface area contributed by atoms with Gasteiger partial charge in [0.25, 0.3) is 5.91 Å². The zero-order chi connectivity index (χ0) is 32.7. The number of carbonyl (C=O) groups excluding carboxylic acids is 2. The molecule has 0 N–H and O–H groups in total. The highest BCUT2D eigenvalue weighted by atomic mass is 19.3. The van der Waals surface area contributed by atoms with E-state index in [1.54, 1.807) is 38.7 Å². The number of fused-ring (bicyclic) bond motifs is 2. The fraction of sp³-hybridized carbons (Fsp3) is 0.412. The number of aryl methyl sites for hydroxylation is 1. The third-order valence-corrected chi connectivity index (χ3v) is 8.45. The van der Waals surface area contributed by atoms with E-state index in [0.717, 1.165) is 5.69 Å². The molecule has 0 saturated carbocycles. The van der Waals surface area contributed by atoms with Gasteiger partial charge in [0.15, 0.2) is 29.0 Å². The van der Waals surface area contributed by atoms with E-state index in [1.165, 1.54) is 10.6 Å². The summed E-state index contributed by atoms with van der Waals surface area (Å²) in [5.74, 6) is -1.96. The van der Waals surface area contributed by atoms with Crippen molar-refractivity contribution < 1.29 is 32.9 Å². The van der Waals surface area contributed by atoms with Gasteiger partial charge in [-0.1, -0.05) is 18.2 Å². The zero-order valence-electron chi connectivity index (χ0n) is 26.6.